The van der Waals surface area contributed by atoms with Crippen LogP contribution in [0.25, 0.3) is 210 Å². The molecule has 0 unspecified atom stereocenters. The molecule has 26 aromatic rings. The van der Waals surface area contributed by atoms with Crippen molar-refractivity contribution >= 4 is 153 Å². The summed E-state index contributed by atoms with van der Waals surface area (Å²) < 4.78 is 24.0. The Morgan fingerprint density at radius 1 is 0.252 bits per heavy atom. The predicted molar refractivity (Wildman–Crippen MR) is 611 cm³/mol. The molecule has 7 aromatic heterocycles. The fraction of sp³-hybridized carbons (Fsp3) is 0.0534. The van der Waals surface area contributed by atoms with Crippen LogP contribution in [0.15, 0.2) is 500 Å². The summed E-state index contributed by atoms with van der Waals surface area (Å²) in [5.41, 5.74) is 35.1. The van der Waals surface area contributed by atoms with Crippen molar-refractivity contribution in [2.75, 3.05) is 0 Å². The van der Waals surface area contributed by atoms with Crippen LogP contribution in [0.1, 0.15) is 41.7 Å². The summed E-state index contributed by atoms with van der Waals surface area (Å²) in [7, 11) is -0.353. The molecule has 1 aliphatic carbocycles. The Bertz CT molecular complexity index is 9160. The number of H-pyrrole nitrogens is 1. The Morgan fingerprint density at radius 2 is 0.615 bits per heavy atom. The van der Waals surface area contributed by atoms with Crippen LogP contribution in [0, 0.1) is 0 Å². The van der Waals surface area contributed by atoms with E-state index >= 15 is 0 Å². The molecule has 0 atom stereocenters. The molecule has 1 N–H and O–H groups in total. The standard InChI is InChI=1S/C47H31N3.C30H20N2.C24H24BNO2.C17H12BrN.C13H9Br.2H2/c1-4-14-32(15-5-1)36-29-42(33-16-6-2-7-17-33)48-47(31-36)50-44-23-13-10-20-38(44)40-26-24-35(30-46(40)50)34-25-27-45-41(28-34)39-21-11-12-22-43(39)49(45)37-18-8-3-9-19-37;1-2-8-22(9-3-1)32-29-13-7-5-11-25(29)26-18-20(15-17-30(26)32)21-14-16-24-23-10-4-6-12-27(23)31-28(24)19-21;1-23(2)24(3,4)28-25(27-23)17-14-15-22-20(16-17)19-12-8-9-13-21(19)26(22)18-10-6-5-7-11-18;18-17-12-15(13-7-3-1-4-8-13)11-16(19-17)14-9-5-2-6-10-14;14-11-5-6-13-10(8-11)7-9-3-1-2-4-12(9)13;;/h1-31H;1-19,31H;5-16H,1-4H3;1-12H;1-6,8H,7H2;2*1H/i;;;;;2*1+1. The number of nitrogens with one attached hydrogen (secondary N) is 1. The van der Waals surface area contributed by atoms with Gasteiger partial charge in [-0.15, -0.1) is 0 Å². The van der Waals surface area contributed by atoms with Crippen molar-refractivity contribution in [2.45, 2.75) is 45.3 Å². The molecule has 9 nitrogen and oxygen atoms in total. The lowest BCUT2D eigenvalue weighted by atomic mass is 9.78. The molecule has 0 saturated carbocycles. The van der Waals surface area contributed by atoms with Crippen molar-refractivity contribution in [1.82, 2.24) is 33.2 Å². The lowest BCUT2D eigenvalue weighted by Crippen LogP contribution is -2.41. The molecule has 19 aromatic carbocycles. The van der Waals surface area contributed by atoms with Crippen LogP contribution in [0.4, 0.5) is 0 Å². The smallest absolute Gasteiger partial charge is 0.399 e. The third-order valence-corrected chi connectivity index (χ3v) is 29.3. The third kappa shape index (κ3) is 17.1. The number of benzene rings is 19. The number of hydrogen-bond donors (Lipinski definition) is 1. The molecule has 688 valence electrons. The second-order valence-electron chi connectivity index (χ2n) is 37.7. The predicted octanol–water partition coefficient (Wildman–Crippen LogP) is 35.1. The summed E-state index contributed by atoms with van der Waals surface area (Å²) in [4.78, 5) is 13.5. The topological polar surface area (TPSA) is 79.8 Å². The van der Waals surface area contributed by atoms with Crippen molar-refractivity contribution in [2.24, 2.45) is 0 Å². The average molecular weight is 1980 g/mol. The van der Waals surface area contributed by atoms with Gasteiger partial charge >= 0.3 is 7.12 Å². The quantitative estimate of drug-likeness (QED) is 0.103. The third-order valence-electron chi connectivity index (χ3n) is 28.4. The number of halogens is 2. The van der Waals surface area contributed by atoms with Crippen molar-refractivity contribution < 1.29 is 12.2 Å². The highest BCUT2D eigenvalue weighted by Gasteiger charge is 2.52. The minimum absolute atomic E-state index is 0. The normalized spacial score (nSPS) is 12.8. The number of fused-ring (bicyclic) bond motifs is 18. The van der Waals surface area contributed by atoms with Crippen molar-refractivity contribution in [1.29, 1.82) is 0 Å². The van der Waals surface area contributed by atoms with Gasteiger partial charge in [0.15, 0.2) is 0 Å². The Labute approximate surface area is 850 Å². The van der Waals surface area contributed by atoms with Crippen LogP contribution in [0.2, 0.25) is 0 Å². The number of hydrogen-bond acceptors (Lipinski definition) is 4. The lowest BCUT2D eigenvalue weighted by Gasteiger charge is -2.32. The van der Waals surface area contributed by atoms with Crippen LogP contribution in [0.5, 0.6) is 0 Å². The molecule has 28 rings (SSSR count). The molecule has 0 amide bonds. The number of rotatable bonds is 11. The average Bonchev–Trinajstić information content (AvgIpc) is 1.58. The first kappa shape index (κ1) is 89.1. The van der Waals surface area contributed by atoms with Crippen LogP contribution < -0.4 is 5.46 Å². The largest absolute Gasteiger partial charge is 0.494 e. The number of pyridine rings is 2. The number of aromatic nitrogens is 7. The van der Waals surface area contributed by atoms with E-state index in [1.54, 1.807) is 0 Å². The first-order valence-corrected chi connectivity index (χ1v) is 50.2. The summed E-state index contributed by atoms with van der Waals surface area (Å²) in [6.07, 6.45) is 1.07. The second-order valence-corrected chi connectivity index (χ2v) is 39.4. The van der Waals surface area contributed by atoms with E-state index in [1.807, 2.05) is 48.5 Å². The Balaban J connectivity index is 0.000000110. The van der Waals surface area contributed by atoms with Crippen molar-refractivity contribution in [3.63, 3.8) is 0 Å². The van der Waals surface area contributed by atoms with Crippen LogP contribution in [-0.2, 0) is 15.7 Å². The molecule has 2 aliphatic rings. The highest BCUT2D eigenvalue weighted by molar-refractivity contribution is 9.10. The maximum atomic E-state index is 6.27. The molecule has 1 aliphatic heterocycles. The Hall–Kier alpha value is -16.6. The molecular formula is C131H100BBr2N7O2. The van der Waals surface area contributed by atoms with E-state index in [4.69, 9.17) is 14.3 Å². The van der Waals surface area contributed by atoms with Gasteiger partial charge in [-0.2, -0.15) is 0 Å². The zero-order valence-electron chi connectivity index (χ0n) is 79.3. The fourth-order valence-electron chi connectivity index (χ4n) is 20.8. The molecule has 0 radical (unpaired) electrons. The van der Waals surface area contributed by atoms with Gasteiger partial charge in [-0.3, -0.25) is 4.57 Å². The molecule has 1 fully saturated rings. The van der Waals surface area contributed by atoms with Crippen molar-refractivity contribution in [3.8, 4) is 101 Å². The van der Waals surface area contributed by atoms with E-state index in [2.05, 4.69) is 531 Å². The highest BCUT2D eigenvalue weighted by atomic mass is 79.9. The Morgan fingerprint density at radius 3 is 1.13 bits per heavy atom. The SMILES string of the molecule is Brc1cc(-c2ccccc2)cc(-c2ccccc2)n1.Brc1ccc2c(c1)Cc1ccccc1-2.CC1(C)OB(c2ccc3c(c2)c2ccccc2n3-c2ccccc2)OC1(C)C.[2HH].[2HH].c1ccc(-c2cc(-c3ccccc3)nc(-n3c4ccccc4c4ccc(-c5ccc6c(c5)c5ccccc5n6-c5ccccc5)cc43)c2)cc1.c1ccc(-n2c3ccccc3c3cc(-c4ccc5c(c4)[nH]c4ccccc45)ccc32)cc1. The van der Waals surface area contributed by atoms with Gasteiger partial charge in [-0.1, -0.05) is 362 Å². The van der Waals surface area contributed by atoms with Gasteiger partial charge in [0.25, 0.3) is 0 Å². The van der Waals surface area contributed by atoms with E-state index in [-0.39, 0.29) is 21.2 Å². The molecule has 0 bridgehead atoms. The zero-order chi connectivity index (χ0) is 96.2. The maximum absolute atomic E-state index is 6.27. The highest BCUT2D eigenvalue weighted by Crippen LogP contribution is 2.45. The molecule has 8 heterocycles. The maximum Gasteiger partial charge on any atom is 0.494 e. The molecule has 0 spiro atoms. The summed E-state index contributed by atoms with van der Waals surface area (Å²) in [6, 6.07) is 174. The monoisotopic (exact) mass is 1970 g/mol. The van der Waals surface area contributed by atoms with Crippen LogP contribution in [0.3, 0.4) is 0 Å². The van der Waals surface area contributed by atoms with E-state index in [9.17, 15) is 0 Å². The fourth-order valence-corrected chi connectivity index (χ4v) is 21.6. The second kappa shape index (κ2) is 37.9. The van der Waals surface area contributed by atoms with Gasteiger partial charge in [0.1, 0.15) is 10.4 Å². The van der Waals surface area contributed by atoms with Gasteiger partial charge in [0.2, 0.25) is 0 Å². The minimum Gasteiger partial charge on any atom is -0.399 e. The summed E-state index contributed by atoms with van der Waals surface area (Å²) in [6.45, 7) is 8.36. The van der Waals surface area contributed by atoms with E-state index in [0.717, 1.165) is 78.4 Å². The van der Waals surface area contributed by atoms with E-state index < -0.39 is 0 Å². The minimum atomic E-state index is -0.353. The summed E-state index contributed by atoms with van der Waals surface area (Å²) in [5.74, 6) is 0.898. The molecular weight excluding hydrogens is 1870 g/mol. The van der Waals surface area contributed by atoms with Gasteiger partial charge < -0.3 is 28.0 Å². The number of para-hydroxylation sites is 8. The first-order valence-electron chi connectivity index (χ1n) is 48.7. The molecule has 12 heteroatoms. The van der Waals surface area contributed by atoms with E-state index in [1.165, 1.54) is 164 Å². The summed E-state index contributed by atoms with van der Waals surface area (Å²) in [5, 5.41) is 12.5. The van der Waals surface area contributed by atoms with Crippen molar-refractivity contribution in [3.05, 3.63) is 512 Å². The molecule has 1 saturated heterocycles. The van der Waals surface area contributed by atoms with Gasteiger partial charge in [0.05, 0.1) is 66.7 Å². The summed E-state index contributed by atoms with van der Waals surface area (Å²) >= 11 is 7.01. The zero-order valence-corrected chi connectivity index (χ0v) is 82.5. The van der Waals surface area contributed by atoms with Gasteiger partial charge in [0, 0.05) is 100 Å². The van der Waals surface area contributed by atoms with Gasteiger partial charge in [-0.25, -0.2) is 9.97 Å². The van der Waals surface area contributed by atoms with Crippen LogP contribution >= 0.6 is 31.9 Å². The van der Waals surface area contributed by atoms with E-state index in [0.29, 0.717) is 0 Å². The van der Waals surface area contributed by atoms with Crippen LogP contribution in [-0.4, -0.2) is 51.5 Å². The lowest BCUT2D eigenvalue weighted by molar-refractivity contribution is 0.00578. The number of nitrogens with zero attached hydrogens (tertiary/aromatic N) is 6. The first-order chi connectivity index (χ1) is 70.2. The number of aromatic amines is 1. The Kier molecular flexibility index (Phi) is 23.6. The molecule has 143 heavy (non-hydrogen) atoms. The van der Waals surface area contributed by atoms with Gasteiger partial charge in [-0.05, 0) is 268 Å².